The van der Waals surface area contributed by atoms with E-state index in [1.165, 1.54) is 0 Å². The number of nitrogens with zero attached hydrogens (tertiary/aromatic N) is 2. The number of hydrogen-bond acceptors (Lipinski definition) is 3. The number of para-hydroxylation sites is 1. The molecule has 0 radical (unpaired) electrons. The molecule has 0 atom stereocenters. The SMILES string of the molecule is COc1ccc(-n2nc(Cl)cc2-c2ccc(COc3ccccc3)cc2)cc1. The Morgan fingerprint density at radius 1 is 0.857 bits per heavy atom. The second-order valence-corrected chi connectivity index (χ2v) is 6.65. The zero-order valence-electron chi connectivity index (χ0n) is 15.4. The van der Waals surface area contributed by atoms with Gasteiger partial charge in [0.25, 0.3) is 0 Å². The predicted octanol–water partition coefficient (Wildman–Crippen LogP) is 5.78. The van der Waals surface area contributed by atoms with E-state index >= 15 is 0 Å². The minimum absolute atomic E-state index is 0.447. The molecule has 0 aliphatic rings. The summed E-state index contributed by atoms with van der Waals surface area (Å²) in [4.78, 5) is 0. The van der Waals surface area contributed by atoms with Crippen LogP contribution in [0, 0.1) is 0 Å². The van der Waals surface area contributed by atoms with Crippen LogP contribution in [0.4, 0.5) is 0 Å². The van der Waals surface area contributed by atoms with Crippen LogP contribution in [0.2, 0.25) is 5.15 Å². The lowest BCUT2D eigenvalue weighted by Gasteiger charge is -2.10. The van der Waals surface area contributed by atoms with Gasteiger partial charge in [0.15, 0.2) is 5.15 Å². The zero-order chi connectivity index (χ0) is 19.3. The topological polar surface area (TPSA) is 36.3 Å². The van der Waals surface area contributed by atoms with Crippen molar-refractivity contribution >= 4 is 11.6 Å². The van der Waals surface area contributed by atoms with Crippen molar-refractivity contribution < 1.29 is 9.47 Å². The molecule has 0 spiro atoms. The maximum atomic E-state index is 6.20. The van der Waals surface area contributed by atoms with Gasteiger partial charge in [0.2, 0.25) is 0 Å². The van der Waals surface area contributed by atoms with Gasteiger partial charge < -0.3 is 9.47 Å². The highest BCUT2D eigenvalue weighted by Gasteiger charge is 2.11. The van der Waals surface area contributed by atoms with E-state index < -0.39 is 0 Å². The zero-order valence-corrected chi connectivity index (χ0v) is 16.1. The van der Waals surface area contributed by atoms with E-state index in [0.717, 1.165) is 34.0 Å². The molecule has 140 valence electrons. The lowest BCUT2D eigenvalue weighted by Crippen LogP contribution is -1.99. The van der Waals surface area contributed by atoms with Crippen LogP contribution in [0.3, 0.4) is 0 Å². The number of halogens is 1. The Kier molecular flexibility index (Phi) is 5.31. The molecule has 0 unspecified atom stereocenters. The minimum atomic E-state index is 0.447. The molecule has 0 saturated carbocycles. The molecule has 4 aromatic rings. The first-order valence-electron chi connectivity index (χ1n) is 8.90. The maximum Gasteiger partial charge on any atom is 0.152 e. The van der Waals surface area contributed by atoms with Crippen molar-refractivity contribution in [3.05, 3.63) is 95.6 Å². The first kappa shape index (κ1) is 18.1. The maximum absolute atomic E-state index is 6.20. The van der Waals surface area contributed by atoms with E-state index in [2.05, 4.69) is 29.4 Å². The first-order chi connectivity index (χ1) is 13.7. The van der Waals surface area contributed by atoms with Gasteiger partial charge in [-0.05, 0) is 42.0 Å². The average Bonchev–Trinajstić information content (AvgIpc) is 3.15. The van der Waals surface area contributed by atoms with Crippen LogP contribution in [0.15, 0.2) is 84.9 Å². The van der Waals surface area contributed by atoms with Gasteiger partial charge in [0, 0.05) is 11.6 Å². The molecule has 0 bridgehead atoms. The molecule has 0 fully saturated rings. The molecule has 4 rings (SSSR count). The number of methoxy groups -OCH3 is 1. The summed E-state index contributed by atoms with van der Waals surface area (Å²) in [6.07, 6.45) is 0. The smallest absolute Gasteiger partial charge is 0.152 e. The van der Waals surface area contributed by atoms with E-state index in [1.54, 1.807) is 7.11 Å². The molecular weight excluding hydrogens is 372 g/mol. The lowest BCUT2D eigenvalue weighted by atomic mass is 10.1. The summed E-state index contributed by atoms with van der Waals surface area (Å²) in [5, 5.41) is 4.87. The standard InChI is InChI=1S/C23H19ClN2O2/c1-27-20-13-11-19(12-14-20)26-22(15-23(24)25-26)18-9-7-17(8-10-18)16-28-21-5-3-2-4-6-21/h2-15H,16H2,1H3. The highest BCUT2D eigenvalue weighted by molar-refractivity contribution is 6.29. The Morgan fingerprint density at radius 2 is 1.57 bits per heavy atom. The number of ether oxygens (including phenoxy) is 2. The molecule has 0 amide bonds. The Bertz CT molecular complexity index is 1040. The Labute approximate surface area is 168 Å². The molecule has 28 heavy (non-hydrogen) atoms. The third-order valence-electron chi connectivity index (χ3n) is 4.39. The summed E-state index contributed by atoms with van der Waals surface area (Å²) in [5.74, 6) is 1.65. The van der Waals surface area contributed by atoms with Crippen molar-refractivity contribution in [3.63, 3.8) is 0 Å². The van der Waals surface area contributed by atoms with Crippen molar-refractivity contribution in [2.24, 2.45) is 0 Å². The number of aromatic nitrogens is 2. The summed E-state index contributed by atoms with van der Waals surface area (Å²) in [5.41, 5.74) is 3.96. The van der Waals surface area contributed by atoms with Crippen LogP contribution >= 0.6 is 11.6 Å². The van der Waals surface area contributed by atoms with Gasteiger partial charge in [-0.3, -0.25) is 0 Å². The third kappa shape index (κ3) is 4.02. The Balaban J connectivity index is 1.55. The van der Waals surface area contributed by atoms with Crippen molar-refractivity contribution in [3.8, 4) is 28.4 Å². The Hall–Kier alpha value is -3.24. The van der Waals surface area contributed by atoms with Gasteiger partial charge in [-0.15, -0.1) is 0 Å². The summed E-state index contributed by atoms with van der Waals surface area (Å²) < 4.78 is 12.9. The van der Waals surface area contributed by atoms with E-state index in [0.29, 0.717) is 11.8 Å². The van der Waals surface area contributed by atoms with Gasteiger partial charge in [0.05, 0.1) is 18.5 Å². The van der Waals surface area contributed by atoms with Crippen molar-refractivity contribution in [2.75, 3.05) is 7.11 Å². The fourth-order valence-electron chi connectivity index (χ4n) is 2.93. The number of hydrogen-bond donors (Lipinski definition) is 0. The van der Waals surface area contributed by atoms with Crippen molar-refractivity contribution in [1.82, 2.24) is 9.78 Å². The van der Waals surface area contributed by atoms with Crippen LogP contribution in [0.5, 0.6) is 11.5 Å². The number of rotatable bonds is 6. The van der Waals surface area contributed by atoms with E-state index in [-0.39, 0.29) is 0 Å². The second kappa shape index (κ2) is 8.19. The van der Waals surface area contributed by atoms with Gasteiger partial charge in [-0.1, -0.05) is 54.1 Å². The first-order valence-corrected chi connectivity index (χ1v) is 9.28. The van der Waals surface area contributed by atoms with Crippen molar-refractivity contribution in [2.45, 2.75) is 6.61 Å². The minimum Gasteiger partial charge on any atom is -0.497 e. The molecule has 4 nitrogen and oxygen atoms in total. The van der Waals surface area contributed by atoms with Gasteiger partial charge in [0.1, 0.15) is 18.1 Å². The van der Waals surface area contributed by atoms with E-state index in [4.69, 9.17) is 21.1 Å². The lowest BCUT2D eigenvalue weighted by molar-refractivity contribution is 0.306. The van der Waals surface area contributed by atoms with Gasteiger partial charge in [-0.2, -0.15) is 5.10 Å². The van der Waals surface area contributed by atoms with Crippen LogP contribution in [-0.2, 0) is 6.61 Å². The van der Waals surface area contributed by atoms with Crippen LogP contribution in [0.25, 0.3) is 16.9 Å². The predicted molar refractivity (Wildman–Crippen MR) is 111 cm³/mol. The van der Waals surface area contributed by atoms with Crippen LogP contribution < -0.4 is 9.47 Å². The van der Waals surface area contributed by atoms with E-state index in [9.17, 15) is 0 Å². The molecule has 3 aromatic carbocycles. The summed E-state index contributed by atoms with van der Waals surface area (Å²) >= 11 is 6.20. The third-order valence-corrected chi connectivity index (χ3v) is 4.58. The fraction of sp³-hybridized carbons (Fsp3) is 0.0870. The summed E-state index contributed by atoms with van der Waals surface area (Å²) in [7, 11) is 1.65. The molecule has 0 saturated heterocycles. The highest BCUT2D eigenvalue weighted by Crippen LogP contribution is 2.27. The van der Waals surface area contributed by atoms with Gasteiger partial charge in [-0.25, -0.2) is 4.68 Å². The Morgan fingerprint density at radius 3 is 2.25 bits per heavy atom. The van der Waals surface area contributed by atoms with Crippen molar-refractivity contribution in [1.29, 1.82) is 0 Å². The van der Waals surface area contributed by atoms with E-state index in [1.807, 2.05) is 65.3 Å². The van der Waals surface area contributed by atoms with Gasteiger partial charge >= 0.3 is 0 Å². The monoisotopic (exact) mass is 390 g/mol. The van der Waals surface area contributed by atoms with Crippen LogP contribution in [0.1, 0.15) is 5.56 Å². The second-order valence-electron chi connectivity index (χ2n) is 6.26. The normalized spacial score (nSPS) is 10.6. The molecule has 1 heterocycles. The number of benzene rings is 3. The largest absolute Gasteiger partial charge is 0.497 e. The molecule has 0 aliphatic carbocycles. The molecule has 0 aliphatic heterocycles. The quantitative estimate of drug-likeness (QED) is 0.418. The molecule has 5 heteroatoms. The molecule has 0 N–H and O–H groups in total. The highest BCUT2D eigenvalue weighted by atomic mass is 35.5. The molecule has 1 aromatic heterocycles. The molecular formula is C23H19ClN2O2. The summed E-state index contributed by atoms with van der Waals surface area (Å²) in [6.45, 7) is 0.517. The fourth-order valence-corrected chi connectivity index (χ4v) is 3.11. The van der Waals surface area contributed by atoms with Crippen LogP contribution in [-0.4, -0.2) is 16.9 Å². The summed E-state index contributed by atoms with van der Waals surface area (Å²) in [6, 6.07) is 27.6. The average molecular weight is 391 g/mol.